The zero-order valence-corrected chi connectivity index (χ0v) is 19.5. The van der Waals surface area contributed by atoms with Gasteiger partial charge in [0.25, 0.3) is 5.91 Å². The van der Waals surface area contributed by atoms with Crippen LogP contribution in [0.3, 0.4) is 0 Å². The number of anilines is 1. The second kappa shape index (κ2) is 11.0. The molecule has 2 heterocycles. The Morgan fingerprint density at radius 1 is 1.11 bits per heavy atom. The molecule has 0 radical (unpaired) electrons. The standard InChI is InChI=1S/C25H29F3N4O3/c1-31-22(9-10-29-31)21-16-19(7-8-23(21)34-14-13-32-11-2-3-12-32)30-24(33)17-35-20-6-4-5-18(15-20)25(26,27)28/h4-9,15-16,29H,2-3,10-14,17H2,1H3,(H,30,33). The first-order valence-corrected chi connectivity index (χ1v) is 11.6. The van der Waals surface area contributed by atoms with E-state index in [9.17, 15) is 18.0 Å². The van der Waals surface area contributed by atoms with Gasteiger partial charge >= 0.3 is 6.18 Å². The maximum atomic E-state index is 12.9. The highest BCUT2D eigenvalue weighted by molar-refractivity contribution is 5.92. The molecule has 0 unspecified atom stereocenters. The third kappa shape index (κ3) is 6.67. The van der Waals surface area contributed by atoms with E-state index in [0.29, 0.717) is 24.6 Å². The average molecular weight is 491 g/mol. The van der Waals surface area contributed by atoms with Crippen molar-refractivity contribution >= 4 is 17.3 Å². The van der Waals surface area contributed by atoms with Crippen molar-refractivity contribution in [3.8, 4) is 11.5 Å². The number of alkyl halides is 3. The van der Waals surface area contributed by atoms with E-state index in [1.807, 2.05) is 30.3 Å². The van der Waals surface area contributed by atoms with Crippen LogP contribution in [0.5, 0.6) is 11.5 Å². The lowest BCUT2D eigenvalue weighted by molar-refractivity contribution is -0.137. The van der Waals surface area contributed by atoms with Crippen LogP contribution in [-0.4, -0.2) is 62.3 Å². The predicted octanol–water partition coefficient (Wildman–Crippen LogP) is 3.99. The van der Waals surface area contributed by atoms with E-state index >= 15 is 0 Å². The summed E-state index contributed by atoms with van der Waals surface area (Å²) in [4.78, 5) is 14.8. The lowest BCUT2D eigenvalue weighted by atomic mass is 10.1. The van der Waals surface area contributed by atoms with Gasteiger partial charge in [-0.2, -0.15) is 13.2 Å². The number of likely N-dealkylation sites (tertiary alicyclic amines) is 1. The van der Waals surface area contributed by atoms with Gasteiger partial charge in [0.2, 0.25) is 0 Å². The molecule has 4 rings (SSSR count). The monoisotopic (exact) mass is 490 g/mol. The van der Waals surface area contributed by atoms with Gasteiger partial charge < -0.3 is 19.8 Å². The zero-order valence-electron chi connectivity index (χ0n) is 19.5. The summed E-state index contributed by atoms with van der Waals surface area (Å²) in [5.74, 6) is 0.202. The van der Waals surface area contributed by atoms with Crippen LogP contribution in [0.25, 0.3) is 5.70 Å². The molecule has 2 aliphatic rings. The summed E-state index contributed by atoms with van der Waals surface area (Å²) >= 11 is 0. The van der Waals surface area contributed by atoms with Crippen LogP contribution in [0.4, 0.5) is 18.9 Å². The summed E-state index contributed by atoms with van der Waals surface area (Å²) in [6.07, 6.45) is -0.000768. The van der Waals surface area contributed by atoms with Gasteiger partial charge in [-0.15, -0.1) is 0 Å². The minimum absolute atomic E-state index is 0.0266. The van der Waals surface area contributed by atoms with Gasteiger partial charge in [-0.3, -0.25) is 9.69 Å². The van der Waals surface area contributed by atoms with E-state index in [2.05, 4.69) is 15.6 Å². The molecule has 188 valence electrons. The van der Waals surface area contributed by atoms with Gasteiger partial charge in [-0.05, 0) is 68.4 Å². The number of hydrogen-bond donors (Lipinski definition) is 2. The van der Waals surface area contributed by atoms with Crippen molar-refractivity contribution in [2.75, 3.05) is 51.8 Å². The number of benzene rings is 2. The summed E-state index contributed by atoms with van der Waals surface area (Å²) in [5.41, 5.74) is 4.66. The summed E-state index contributed by atoms with van der Waals surface area (Å²) in [7, 11) is 1.90. The molecule has 0 aliphatic carbocycles. The Bertz CT molecular complexity index is 1070. The first kappa shape index (κ1) is 24.9. The van der Waals surface area contributed by atoms with E-state index in [0.717, 1.165) is 43.0 Å². The Morgan fingerprint density at radius 3 is 2.63 bits per heavy atom. The number of carbonyl (C=O) groups is 1. The third-order valence-electron chi connectivity index (χ3n) is 5.92. The van der Waals surface area contributed by atoms with Gasteiger partial charge in [0, 0.05) is 31.4 Å². The quantitative estimate of drug-likeness (QED) is 0.554. The number of hydrazine groups is 1. The Morgan fingerprint density at radius 2 is 1.91 bits per heavy atom. The fraction of sp³-hybridized carbons (Fsp3) is 0.400. The van der Waals surface area contributed by atoms with Crippen LogP contribution in [0, 0.1) is 0 Å². The van der Waals surface area contributed by atoms with Crippen LogP contribution in [0.15, 0.2) is 48.5 Å². The highest BCUT2D eigenvalue weighted by Gasteiger charge is 2.30. The Balaban J connectivity index is 1.40. The second-order valence-corrected chi connectivity index (χ2v) is 8.48. The van der Waals surface area contributed by atoms with Gasteiger partial charge in [0.1, 0.15) is 18.1 Å². The van der Waals surface area contributed by atoms with Crippen molar-refractivity contribution < 1.29 is 27.4 Å². The number of hydrogen-bond acceptors (Lipinski definition) is 6. The Kier molecular flexibility index (Phi) is 7.82. The molecule has 2 aliphatic heterocycles. The highest BCUT2D eigenvalue weighted by Crippen LogP contribution is 2.33. The maximum Gasteiger partial charge on any atom is 0.416 e. The Hall–Kier alpha value is -3.24. The number of carbonyl (C=O) groups excluding carboxylic acids is 1. The summed E-state index contributed by atoms with van der Waals surface area (Å²) in [6.45, 7) is 3.88. The molecule has 2 aromatic rings. The lowest BCUT2D eigenvalue weighted by Crippen LogP contribution is -2.27. The molecule has 1 fully saturated rings. The topological polar surface area (TPSA) is 66.1 Å². The van der Waals surface area contributed by atoms with Crippen molar-refractivity contribution in [2.45, 2.75) is 19.0 Å². The SMILES string of the molecule is CN1NCC=C1c1cc(NC(=O)COc2cccc(C(F)(F)F)c2)ccc1OCCN1CCCC1. The Labute approximate surface area is 202 Å². The minimum atomic E-state index is -4.48. The number of halogens is 3. The van der Waals surface area contributed by atoms with E-state index in [-0.39, 0.29) is 5.75 Å². The van der Waals surface area contributed by atoms with Crippen LogP contribution in [0.2, 0.25) is 0 Å². The molecule has 1 saturated heterocycles. The summed E-state index contributed by atoms with van der Waals surface area (Å²) in [5, 5.41) is 4.64. The first-order chi connectivity index (χ1) is 16.8. The normalized spacial score (nSPS) is 16.3. The van der Waals surface area contributed by atoms with E-state index < -0.39 is 24.3 Å². The third-order valence-corrected chi connectivity index (χ3v) is 5.92. The maximum absolute atomic E-state index is 12.9. The molecular weight excluding hydrogens is 461 g/mol. The molecule has 1 amide bonds. The van der Waals surface area contributed by atoms with Crippen molar-refractivity contribution in [1.29, 1.82) is 0 Å². The zero-order chi connectivity index (χ0) is 24.8. The minimum Gasteiger partial charge on any atom is -0.492 e. The molecule has 0 saturated carbocycles. The fourth-order valence-corrected chi connectivity index (χ4v) is 4.12. The molecule has 2 aromatic carbocycles. The van der Waals surface area contributed by atoms with Crippen LogP contribution < -0.4 is 20.2 Å². The number of amides is 1. The average Bonchev–Trinajstić information content (AvgIpc) is 3.50. The lowest BCUT2D eigenvalue weighted by Gasteiger charge is -2.21. The molecule has 2 N–H and O–H groups in total. The highest BCUT2D eigenvalue weighted by atomic mass is 19.4. The molecule has 10 heteroatoms. The number of ether oxygens (including phenoxy) is 2. The number of rotatable bonds is 9. The molecule has 0 bridgehead atoms. The van der Waals surface area contributed by atoms with Crippen molar-refractivity contribution in [1.82, 2.24) is 15.3 Å². The summed E-state index contributed by atoms with van der Waals surface area (Å²) < 4.78 is 50.0. The largest absolute Gasteiger partial charge is 0.492 e. The first-order valence-electron chi connectivity index (χ1n) is 11.6. The molecule has 35 heavy (non-hydrogen) atoms. The number of nitrogens with zero attached hydrogens (tertiary/aromatic N) is 2. The van der Waals surface area contributed by atoms with E-state index in [4.69, 9.17) is 9.47 Å². The van der Waals surface area contributed by atoms with Crippen molar-refractivity contribution in [3.05, 3.63) is 59.7 Å². The molecule has 0 atom stereocenters. The molecule has 0 spiro atoms. The van der Waals surface area contributed by atoms with Crippen LogP contribution >= 0.6 is 0 Å². The van der Waals surface area contributed by atoms with E-state index in [1.54, 1.807) is 6.07 Å². The van der Waals surface area contributed by atoms with Gasteiger partial charge in [0.15, 0.2) is 6.61 Å². The van der Waals surface area contributed by atoms with Crippen molar-refractivity contribution in [2.24, 2.45) is 0 Å². The van der Waals surface area contributed by atoms with Crippen molar-refractivity contribution in [3.63, 3.8) is 0 Å². The smallest absolute Gasteiger partial charge is 0.416 e. The molecule has 0 aromatic heterocycles. The molecular formula is C25H29F3N4O3. The van der Waals surface area contributed by atoms with Crippen LogP contribution in [0.1, 0.15) is 24.0 Å². The fourth-order valence-electron chi connectivity index (χ4n) is 4.12. The van der Waals surface area contributed by atoms with Crippen LogP contribution in [-0.2, 0) is 11.0 Å². The predicted molar refractivity (Wildman–Crippen MR) is 127 cm³/mol. The molecule has 7 nitrogen and oxygen atoms in total. The number of nitrogens with one attached hydrogen (secondary N) is 2. The van der Waals surface area contributed by atoms with Gasteiger partial charge in [-0.25, -0.2) is 5.43 Å². The van der Waals surface area contributed by atoms with E-state index in [1.165, 1.54) is 25.0 Å². The van der Waals surface area contributed by atoms with Gasteiger partial charge in [-0.1, -0.05) is 6.07 Å². The van der Waals surface area contributed by atoms with Gasteiger partial charge in [0.05, 0.1) is 11.3 Å². The summed E-state index contributed by atoms with van der Waals surface area (Å²) in [6, 6.07) is 9.81. The second-order valence-electron chi connectivity index (χ2n) is 8.48.